The second-order valence-electron chi connectivity index (χ2n) is 5.46. The van der Waals surface area contributed by atoms with Crippen LogP contribution in [0, 0.1) is 6.92 Å². The Labute approximate surface area is 119 Å². The van der Waals surface area contributed by atoms with Crippen molar-refractivity contribution in [3.63, 3.8) is 0 Å². The molecule has 2 aromatic heterocycles. The molecule has 3 rings (SSSR count). The third kappa shape index (κ3) is 2.58. The van der Waals surface area contributed by atoms with Crippen molar-refractivity contribution >= 4 is 0 Å². The van der Waals surface area contributed by atoms with Gasteiger partial charge in [0.05, 0.1) is 6.04 Å². The number of rotatable bonds is 2. The molecule has 0 aliphatic carbocycles. The molecule has 1 fully saturated rings. The fourth-order valence-corrected chi connectivity index (χ4v) is 2.87. The van der Waals surface area contributed by atoms with Gasteiger partial charge in [-0.2, -0.15) is 4.68 Å². The van der Waals surface area contributed by atoms with Crippen molar-refractivity contribution in [1.82, 2.24) is 24.6 Å². The van der Waals surface area contributed by atoms with Crippen molar-refractivity contribution in [2.75, 3.05) is 13.6 Å². The smallest absolute Gasteiger partial charge is 0.155 e. The quantitative estimate of drug-likeness (QED) is 0.842. The van der Waals surface area contributed by atoms with Crippen LogP contribution in [0.3, 0.4) is 0 Å². The van der Waals surface area contributed by atoms with E-state index >= 15 is 0 Å². The molecule has 2 aromatic rings. The maximum absolute atomic E-state index is 4.67. The summed E-state index contributed by atoms with van der Waals surface area (Å²) >= 11 is 0. The van der Waals surface area contributed by atoms with Gasteiger partial charge in [-0.3, -0.25) is 4.90 Å². The average molecular weight is 271 g/mol. The van der Waals surface area contributed by atoms with Gasteiger partial charge in [0.25, 0.3) is 0 Å². The standard InChI is InChI=1S/C15H21N5/c1-12-17-15(13-8-4-3-7-11-19(13)2)20(18-12)14-9-5-6-10-16-14/h5-6,9-10,13H,3-4,7-8,11H2,1-2H3. The number of hydrogen-bond donors (Lipinski definition) is 0. The Hall–Kier alpha value is -1.75. The van der Waals surface area contributed by atoms with Crippen LogP contribution in [0.5, 0.6) is 0 Å². The lowest BCUT2D eigenvalue weighted by Crippen LogP contribution is -2.26. The van der Waals surface area contributed by atoms with E-state index in [0.717, 1.165) is 30.4 Å². The van der Waals surface area contributed by atoms with Gasteiger partial charge in [-0.1, -0.05) is 18.9 Å². The first kappa shape index (κ1) is 13.2. The van der Waals surface area contributed by atoms with Crippen molar-refractivity contribution in [2.45, 2.75) is 38.6 Å². The predicted molar refractivity (Wildman–Crippen MR) is 77.7 cm³/mol. The van der Waals surface area contributed by atoms with Gasteiger partial charge in [-0.25, -0.2) is 9.97 Å². The van der Waals surface area contributed by atoms with Gasteiger partial charge >= 0.3 is 0 Å². The minimum Gasteiger partial charge on any atom is -0.296 e. The largest absolute Gasteiger partial charge is 0.296 e. The molecule has 0 N–H and O–H groups in total. The van der Waals surface area contributed by atoms with Crippen molar-refractivity contribution in [3.05, 3.63) is 36.0 Å². The summed E-state index contributed by atoms with van der Waals surface area (Å²) < 4.78 is 1.90. The highest BCUT2D eigenvalue weighted by Gasteiger charge is 2.25. The number of hydrogen-bond acceptors (Lipinski definition) is 4. The first-order valence-corrected chi connectivity index (χ1v) is 7.31. The first-order chi connectivity index (χ1) is 9.75. The summed E-state index contributed by atoms with van der Waals surface area (Å²) in [6, 6.07) is 6.22. The fourth-order valence-electron chi connectivity index (χ4n) is 2.87. The third-order valence-electron chi connectivity index (χ3n) is 3.92. The zero-order valence-electron chi connectivity index (χ0n) is 12.2. The number of likely N-dealkylation sites (tertiary alicyclic amines) is 1. The summed E-state index contributed by atoms with van der Waals surface area (Å²) in [5, 5.41) is 4.54. The molecule has 5 heteroatoms. The Morgan fingerprint density at radius 2 is 2.10 bits per heavy atom. The van der Waals surface area contributed by atoms with Crippen LogP contribution in [0.2, 0.25) is 0 Å². The highest BCUT2D eigenvalue weighted by molar-refractivity contribution is 5.23. The van der Waals surface area contributed by atoms with Crippen LogP contribution in [0.4, 0.5) is 0 Å². The van der Waals surface area contributed by atoms with Gasteiger partial charge in [-0.05, 0) is 45.5 Å². The molecule has 1 saturated heterocycles. The van der Waals surface area contributed by atoms with E-state index in [-0.39, 0.29) is 0 Å². The molecule has 20 heavy (non-hydrogen) atoms. The molecule has 0 amide bonds. The van der Waals surface area contributed by atoms with E-state index in [4.69, 9.17) is 0 Å². The molecule has 0 spiro atoms. The molecule has 0 radical (unpaired) electrons. The summed E-state index contributed by atoms with van der Waals surface area (Å²) in [5.41, 5.74) is 0. The van der Waals surface area contributed by atoms with Crippen molar-refractivity contribution in [3.8, 4) is 5.82 Å². The molecule has 1 unspecified atom stereocenters. The Balaban J connectivity index is 2.01. The van der Waals surface area contributed by atoms with Gasteiger partial charge < -0.3 is 0 Å². The molecule has 0 saturated carbocycles. The zero-order chi connectivity index (χ0) is 13.9. The predicted octanol–water partition coefficient (Wildman–Crippen LogP) is 2.52. The minimum atomic E-state index is 0.334. The van der Waals surface area contributed by atoms with E-state index in [1.54, 1.807) is 6.20 Å². The van der Waals surface area contributed by atoms with Crippen LogP contribution < -0.4 is 0 Å². The van der Waals surface area contributed by atoms with Crippen LogP contribution in [0.1, 0.15) is 43.4 Å². The van der Waals surface area contributed by atoms with Gasteiger partial charge in [0, 0.05) is 6.20 Å². The second kappa shape index (κ2) is 5.71. The molecule has 5 nitrogen and oxygen atoms in total. The summed E-state index contributed by atoms with van der Waals surface area (Å²) in [4.78, 5) is 11.5. The van der Waals surface area contributed by atoms with Gasteiger partial charge in [0.2, 0.25) is 0 Å². The summed E-state index contributed by atoms with van der Waals surface area (Å²) in [6.07, 6.45) is 6.76. The van der Waals surface area contributed by atoms with E-state index < -0.39 is 0 Å². The minimum absolute atomic E-state index is 0.334. The highest BCUT2D eigenvalue weighted by atomic mass is 15.4. The summed E-state index contributed by atoms with van der Waals surface area (Å²) in [6.45, 7) is 3.07. The Morgan fingerprint density at radius 3 is 2.90 bits per heavy atom. The molecular weight excluding hydrogens is 250 g/mol. The fraction of sp³-hybridized carbons (Fsp3) is 0.533. The van der Waals surface area contributed by atoms with Crippen LogP contribution in [0.15, 0.2) is 24.4 Å². The van der Waals surface area contributed by atoms with E-state index in [2.05, 4.69) is 27.0 Å². The topological polar surface area (TPSA) is 46.8 Å². The number of aryl methyl sites for hydroxylation is 1. The maximum Gasteiger partial charge on any atom is 0.155 e. The molecule has 0 aromatic carbocycles. The second-order valence-corrected chi connectivity index (χ2v) is 5.46. The van der Waals surface area contributed by atoms with E-state index in [1.807, 2.05) is 29.8 Å². The average Bonchev–Trinajstić information content (AvgIpc) is 2.72. The number of nitrogens with zero attached hydrogens (tertiary/aromatic N) is 5. The van der Waals surface area contributed by atoms with Crippen LogP contribution in [-0.2, 0) is 0 Å². The Bertz CT molecular complexity index is 563. The maximum atomic E-state index is 4.67. The van der Waals surface area contributed by atoms with Crippen LogP contribution in [0.25, 0.3) is 5.82 Å². The molecule has 0 bridgehead atoms. The molecule has 1 atom stereocenters. The lowest BCUT2D eigenvalue weighted by Gasteiger charge is -2.24. The lowest BCUT2D eigenvalue weighted by atomic mass is 10.1. The van der Waals surface area contributed by atoms with E-state index in [1.165, 1.54) is 19.3 Å². The van der Waals surface area contributed by atoms with Crippen molar-refractivity contribution in [2.24, 2.45) is 0 Å². The molecule has 1 aliphatic rings. The number of aromatic nitrogens is 4. The molecular formula is C15H21N5. The summed E-state index contributed by atoms with van der Waals surface area (Å²) in [5.74, 6) is 2.68. The van der Waals surface area contributed by atoms with Gasteiger partial charge in [0.15, 0.2) is 11.6 Å². The molecule has 1 aliphatic heterocycles. The van der Waals surface area contributed by atoms with E-state index in [9.17, 15) is 0 Å². The van der Waals surface area contributed by atoms with E-state index in [0.29, 0.717) is 6.04 Å². The van der Waals surface area contributed by atoms with Gasteiger partial charge in [-0.15, -0.1) is 5.10 Å². The third-order valence-corrected chi connectivity index (χ3v) is 3.92. The number of pyridine rings is 1. The zero-order valence-corrected chi connectivity index (χ0v) is 12.2. The van der Waals surface area contributed by atoms with Crippen molar-refractivity contribution in [1.29, 1.82) is 0 Å². The summed E-state index contributed by atoms with van der Waals surface area (Å²) in [7, 11) is 2.18. The highest BCUT2D eigenvalue weighted by Crippen LogP contribution is 2.28. The van der Waals surface area contributed by atoms with Crippen molar-refractivity contribution < 1.29 is 0 Å². The normalized spacial score (nSPS) is 20.8. The van der Waals surface area contributed by atoms with Crippen LogP contribution >= 0.6 is 0 Å². The Morgan fingerprint density at radius 1 is 1.20 bits per heavy atom. The molecule has 106 valence electrons. The SMILES string of the molecule is Cc1nc(C2CCCCCN2C)n(-c2ccccn2)n1. The van der Waals surface area contributed by atoms with Crippen LogP contribution in [-0.4, -0.2) is 38.2 Å². The lowest BCUT2D eigenvalue weighted by molar-refractivity contribution is 0.237. The van der Waals surface area contributed by atoms with Gasteiger partial charge in [0.1, 0.15) is 5.82 Å². The monoisotopic (exact) mass is 271 g/mol. The first-order valence-electron chi connectivity index (χ1n) is 7.31. The molecule has 3 heterocycles. The Kier molecular flexibility index (Phi) is 3.78.